The molecule has 3 rings (SSSR count). The van der Waals surface area contributed by atoms with Crippen molar-refractivity contribution in [3.8, 4) is 5.75 Å². The summed E-state index contributed by atoms with van der Waals surface area (Å²) in [6.45, 7) is 9.00. The third kappa shape index (κ3) is 4.49. The van der Waals surface area contributed by atoms with Gasteiger partial charge in [-0.2, -0.15) is 0 Å². The van der Waals surface area contributed by atoms with Crippen molar-refractivity contribution in [3.05, 3.63) is 60.2 Å². The Morgan fingerprint density at radius 3 is 2.23 bits per heavy atom. The number of ether oxygens (including phenoxy) is 1. The molecule has 0 aliphatic carbocycles. The molecule has 0 amide bonds. The summed E-state index contributed by atoms with van der Waals surface area (Å²) >= 11 is 0. The van der Waals surface area contributed by atoms with Gasteiger partial charge < -0.3 is 14.0 Å². The summed E-state index contributed by atoms with van der Waals surface area (Å²) in [7, 11) is -0.346. The number of hydrogen-bond acceptors (Lipinski definition) is 3. The topological polar surface area (TPSA) is 27.7 Å². The van der Waals surface area contributed by atoms with Crippen LogP contribution in [0.1, 0.15) is 46.1 Å². The molecule has 138 valence electrons. The third-order valence-corrected chi connectivity index (χ3v) is 5.35. The summed E-state index contributed by atoms with van der Waals surface area (Å²) in [5.74, 6) is 0.872. The van der Waals surface area contributed by atoms with Crippen LogP contribution in [-0.4, -0.2) is 24.9 Å². The molecule has 1 saturated heterocycles. The van der Waals surface area contributed by atoms with Gasteiger partial charge in [-0.05, 0) is 70.1 Å². The average molecular weight is 352 g/mol. The molecular formula is C22H29BO3. The summed E-state index contributed by atoms with van der Waals surface area (Å²) in [5, 5.41) is 0. The minimum atomic E-state index is -0.346. The molecule has 4 heteroatoms. The maximum Gasteiger partial charge on any atom is 0.494 e. The standard InChI is InChI=1S/C22H29BO3/c1-21(2)22(3,4)26-23(25-21)19-14-10-15-20(17-19)24-16-9-8-13-18-11-6-5-7-12-18/h5-7,10-12,14-15,17H,8-9,13,16H2,1-4H3. The summed E-state index contributed by atoms with van der Waals surface area (Å²) in [5.41, 5.74) is 1.73. The van der Waals surface area contributed by atoms with E-state index in [1.54, 1.807) is 0 Å². The van der Waals surface area contributed by atoms with Crippen molar-refractivity contribution in [1.82, 2.24) is 0 Å². The van der Waals surface area contributed by atoms with Crippen molar-refractivity contribution in [1.29, 1.82) is 0 Å². The van der Waals surface area contributed by atoms with Gasteiger partial charge in [0.1, 0.15) is 5.75 Å². The summed E-state index contributed by atoms with van der Waals surface area (Å²) in [4.78, 5) is 0. The fourth-order valence-electron chi connectivity index (χ4n) is 3.00. The third-order valence-electron chi connectivity index (χ3n) is 5.35. The molecule has 0 bridgehead atoms. The van der Waals surface area contributed by atoms with Gasteiger partial charge in [0.15, 0.2) is 0 Å². The molecule has 0 aromatic heterocycles. The van der Waals surface area contributed by atoms with E-state index in [1.807, 2.05) is 24.3 Å². The van der Waals surface area contributed by atoms with E-state index in [4.69, 9.17) is 14.0 Å². The largest absolute Gasteiger partial charge is 0.494 e. The van der Waals surface area contributed by atoms with Crippen LogP contribution in [0.3, 0.4) is 0 Å². The molecule has 1 aliphatic rings. The fourth-order valence-corrected chi connectivity index (χ4v) is 3.00. The fraction of sp³-hybridized carbons (Fsp3) is 0.455. The number of unbranched alkanes of at least 4 members (excludes halogenated alkanes) is 1. The summed E-state index contributed by atoms with van der Waals surface area (Å²) in [6.07, 6.45) is 3.26. The van der Waals surface area contributed by atoms with Crippen molar-refractivity contribution >= 4 is 12.6 Å². The van der Waals surface area contributed by atoms with Crippen molar-refractivity contribution in [2.45, 2.75) is 58.2 Å². The van der Waals surface area contributed by atoms with Crippen LogP contribution in [0.4, 0.5) is 0 Å². The zero-order valence-corrected chi connectivity index (χ0v) is 16.3. The Hall–Kier alpha value is -1.78. The molecule has 0 radical (unpaired) electrons. The Balaban J connectivity index is 1.49. The number of aryl methyl sites for hydroxylation is 1. The lowest BCUT2D eigenvalue weighted by atomic mass is 9.79. The maximum atomic E-state index is 6.12. The van der Waals surface area contributed by atoms with Gasteiger partial charge in [0.25, 0.3) is 0 Å². The predicted octanol–water partition coefficient (Wildman–Crippen LogP) is 4.39. The highest BCUT2D eigenvalue weighted by Gasteiger charge is 2.51. The first-order valence-corrected chi connectivity index (χ1v) is 9.50. The van der Waals surface area contributed by atoms with E-state index in [9.17, 15) is 0 Å². The van der Waals surface area contributed by atoms with Crippen molar-refractivity contribution in [2.24, 2.45) is 0 Å². The molecule has 0 unspecified atom stereocenters. The van der Waals surface area contributed by atoms with Gasteiger partial charge >= 0.3 is 7.12 Å². The highest BCUT2D eigenvalue weighted by molar-refractivity contribution is 6.62. The molecular weight excluding hydrogens is 323 g/mol. The Morgan fingerprint density at radius 2 is 1.54 bits per heavy atom. The molecule has 0 spiro atoms. The second kappa shape index (κ2) is 7.85. The normalized spacial score (nSPS) is 18.1. The number of benzene rings is 2. The van der Waals surface area contributed by atoms with Gasteiger partial charge in [-0.15, -0.1) is 0 Å². The lowest BCUT2D eigenvalue weighted by molar-refractivity contribution is 0.00578. The van der Waals surface area contributed by atoms with Gasteiger partial charge in [-0.3, -0.25) is 0 Å². The van der Waals surface area contributed by atoms with Gasteiger partial charge in [0.2, 0.25) is 0 Å². The molecule has 26 heavy (non-hydrogen) atoms. The first-order chi connectivity index (χ1) is 12.4. The SMILES string of the molecule is CC1(C)OB(c2cccc(OCCCCc3ccccc3)c2)OC1(C)C. The molecule has 1 fully saturated rings. The van der Waals surface area contributed by atoms with Crippen molar-refractivity contribution < 1.29 is 14.0 Å². The first-order valence-electron chi connectivity index (χ1n) is 9.50. The van der Waals surface area contributed by atoms with Gasteiger partial charge in [-0.1, -0.05) is 42.5 Å². The minimum absolute atomic E-state index is 0.327. The second-order valence-electron chi connectivity index (χ2n) is 7.95. The Kier molecular flexibility index (Phi) is 5.74. The van der Waals surface area contributed by atoms with Gasteiger partial charge in [-0.25, -0.2) is 0 Å². The van der Waals surface area contributed by atoms with E-state index in [2.05, 4.69) is 58.0 Å². The molecule has 1 aliphatic heterocycles. The predicted molar refractivity (Wildman–Crippen MR) is 107 cm³/mol. The Bertz CT molecular complexity index is 696. The zero-order chi connectivity index (χ0) is 18.6. The Morgan fingerprint density at radius 1 is 0.846 bits per heavy atom. The van der Waals surface area contributed by atoms with Crippen LogP contribution in [0.15, 0.2) is 54.6 Å². The molecule has 0 N–H and O–H groups in total. The lowest BCUT2D eigenvalue weighted by Crippen LogP contribution is -2.41. The second-order valence-corrected chi connectivity index (χ2v) is 7.95. The lowest BCUT2D eigenvalue weighted by Gasteiger charge is -2.32. The molecule has 0 saturated carbocycles. The van der Waals surface area contributed by atoms with E-state index >= 15 is 0 Å². The number of rotatable bonds is 7. The zero-order valence-electron chi connectivity index (χ0n) is 16.3. The van der Waals surface area contributed by atoms with E-state index in [0.29, 0.717) is 0 Å². The average Bonchev–Trinajstić information content (AvgIpc) is 2.84. The minimum Gasteiger partial charge on any atom is -0.494 e. The molecule has 1 heterocycles. The molecule has 2 aromatic rings. The van der Waals surface area contributed by atoms with Crippen molar-refractivity contribution in [3.63, 3.8) is 0 Å². The van der Waals surface area contributed by atoms with E-state index in [1.165, 1.54) is 5.56 Å². The van der Waals surface area contributed by atoms with Crippen LogP contribution >= 0.6 is 0 Å². The highest BCUT2D eigenvalue weighted by Crippen LogP contribution is 2.36. The van der Waals surface area contributed by atoms with Crippen LogP contribution in [0.5, 0.6) is 5.75 Å². The summed E-state index contributed by atoms with van der Waals surface area (Å²) in [6, 6.07) is 18.6. The quantitative estimate of drug-likeness (QED) is 0.546. The van der Waals surface area contributed by atoms with Gasteiger partial charge in [0.05, 0.1) is 17.8 Å². The van der Waals surface area contributed by atoms with Crippen molar-refractivity contribution in [2.75, 3.05) is 6.61 Å². The highest BCUT2D eigenvalue weighted by atomic mass is 16.7. The van der Waals surface area contributed by atoms with Crippen LogP contribution in [0, 0.1) is 0 Å². The van der Waals surface area contributed by atoms with Crippen LogP contribution in [0.2, 0.25) is 0 Å². The van der Waals surface area contributed by atoms with E-state index in [-0.39, 0.29) is 18.3 Å². The summed E-state index contributed by atoms with van der Waals surface area (Å²) < 4.78 is 18.2. The monoisotopic (exact) mass is 352 g/mol. The Labute approximate surface area is 157 Å². The van der Waals surface area contributed by atoms with E-state index in [0.717, 1.165) is 37.1 Å². The number of hydrogen-bond donors (Lipinski definition) is 0. The van der Waals surface area contributed by atoms with Crippen LogP contribution in [-0.2, 0) is 15.7 Å². The first kappa shape index (κ1) is 19.0. The smallest absolute Gasteiger partial charge is 0.494 e. The molecule has 2 aromatic carbocycles. The van der Waals surface area contributed by atoms with E-state index < -0.39 is 0 Å². The van der Waals surface area contributed by atoms with Crippen LogP contribution < -0.4 is 10.2 Å². The van der Waals surface area contributed by atoms with Crippen LogP contribution in [0.25, 0.3) is 0 Å². The van der Waals surface area contributed by atoms with Gasteiger partial charge in [0, 0.05) is 0 Å². The molecule has 3 nitrogen and oxygen atoms in total. The maximum absolute atomic E-state index is 6.12. The molecule has 0 atom stereocenters.